The third kappa shape index (κ3) is 4.68. The number of carbonyl (C=O) groups excluding carboxylic acids is 2. The number of thiophene rings is 2. The summed E-state index contributed by atoms with van der Waals surface area (Å²) in [5, 5.41) is 6.47. The Balaban J connectivity index is 1.31. The average Bonchev–Trinajstić information content (AvgIpc) is 3.66. The monoisotopic (exact) mass is 586 g/mol. The molecule has 2 amide bonds. The van der Waals surface area contributed by atoms with E-state index in [2.05, 4.69) is 5.32 Å². The summed E-state index contributed by atoms with van der Waals surface area (Å²) in [6.07, 6.45) is 1.95. The van der Waals surface area contributed by atoms with Gasteiger partial charge in [0.2, 0.25) is 11.8 Å². The van der Waals surface area contributed by atoms with E-state index in [1.54, 1.807) is 35.8 Å². The van der Waals surface area contributed by atoms with Gasteiger partial charge < -0.3 is 10.2 Å². The maximum atomic E-state index is 13.6. The summed E-state index contributed by atoms with van der Waals surface area (Å²) >= 11 is 4.28. The molecule has 38 heavy (non-hydrogen) atoms. The van der Waals surface area contributed by atoms with E-state index < -0.39 is 15.9 Å². The highest BCUT2D eigenvalue weighted by atomic mass is 32.2. The van der Waals surface area contributed by atoms with Crippen molar-refractivity contribution in [3.63, 3.8) is 0 Å². The second-order valence-electron chi connectivity index (χ2n) is 9.51. The van der Waals surface area contributed by atoms with Crippen LogP contribution >= 0.6 is 34.0 Å². The molecule has 2 aliphatic rings. The number of amides is 2. The first-order valence-electron chi connectivity index (χ1n) is 12.4. The van der Waals surface area contributed by atoms with Gasteiger partial charge in [-0.15, -0.1) is 34.0 Å². The lowest BCUT2D eigenvalue weighted by atomic mass is 9.98. The number of benzene rings is 1. The minimum Gasteiger partial charge on any atom is -0.337 e. The predicted molar refractivity (Wildman–Crippen MR) is 152 cm³/mol. The van der Waals surface area contributed by atoms with E-state index in [4.69, 9.17) is 4.98 Å². The van der Waals surface area contributed by atoms with Gasteiger partial charge in [0.1, 0.15) is 14.2 Å². The third-order valence-corrected chi connectivity index (χ3v) is 12.5. The molecule has 0 bridgehead atoms. The van der Waals surface area contributed by atoms with Gasteiger partial charge in [0.25, 0.3) is 10.0 Å². The third-order valence-electron chi connectivity index (χ3n) is 7.09. The molecule has 1 aromatic carbocycles. The summed E-state index contributed by atoms with van der Waals surface area (Å²) in [5.74, 6) is -0.597. The van der Waals surface area contributed by atoms with Crippen LogP contribution in [0.4, 0.5) is 5.00 Å². The fraction of sp³-hybridized carbons (Fsp3) is 0.346. The first-order valence-corrected chi connectivity index (χ1v) is 16.4. The van der Waals surface area contributed by atoms with Crippen LogP contribution in [-0.2, 0) is 32.6 Å². The molecular weight excluding hydrogens is 561 g/mol. The van der Waals surface area contributed by atoms with Crippen LogP contribution < -0.4 is 5.32 Å². The van der Waals surface area contributed by atoms with Gasteiger partial charge in [-0.25, -0.2) is 13.4 Å². The lowest BCUT2D eigenvalue weighted by Gasteiger charge is -2.30. The highest BCUT2D eigenvalue weighted by Gasteiger charge is 2.35. The molecule has 12 heteroatoms. The Kier molecular flexibility index (Phi) is 6.85. The second kappa shape index (κ2) is 10.2. The van der Waals surface area contributed by atoms with E-state index in [1.807, 2.05) is 29.2 Å². The minimum absolute atomic E-state index is 0.0328. The average molecular weight is 587 g/mol. The van der Waals surface area contributed by atoms with Crippen molar-refractivity contribution < 1.29 is 18.0 Å². The smallest absolute Gasteiger partial charge is 0.252 e. The maximum absolute atomic E-state index is 13.6. The van der Waals surface area contributed by atoms with Crippen LogP contribution in [0.2, 0.25) is 0 Å². The molecule has 0 aliphatic carbocycles. The number of nitrogens with zero attached hydrogens (tertiary/aromatic N) is 3. The lowest BCUT2D eigenvalue weighted by molar-refractivity contribution is -0.129. The molecule has 1 unspecified atom stereocenters. The van der Waals surface area contributed by atoms with Crippen LogP contribution in [0.3, 0.4) is 0 Å². The van der Waals surface area contributed by atoms with E-state index >= 15 is 0 Å². The van der Waals surface area contributed by atoms with Crippen molar-refractivity contribution >= 4 is 71.1 Å². The van der Waals surface area contributed by atoms with Crippen molar-refractivity contribution in [1.82, 2.24) is 14.2 Å². The first-order chi connectivity index (χ1) is 18.3. The van der Waals surface area contributed by atoms with Gasteiger partial charge in [0.05, 0.1) is 22.7 Å². The molecular formula is C26H26N4O4S4. The van der Waals surface area contributed by atoms with Crippen molar-refractivity contribution in [3.05, 3.63) is 52.2 Å². The van der Waals surface area contributed by atoms with Crippen LogP contribution in [0.5, 0.6) is 0 Å². The van der Waals surface area contributed by atoms with Crippen molar-refractivity contribution in [2.75, 3.05) is 25.0 Å². The van der Waals surface area contributed by atoms with Gasteiger partial charge in [-0.05, 0) is 48.4 Å². The van der Waals surface area contributed by atoms with Gasteiger partial charge in [-0.1, -0.05) is 18.2 Å². The number of carbonyl (C=O) groups is 2. The summed E-state index contributed by atoms with van der Waals surface area (Å²) in [4.78, 5) is 33.4. The number of anilines is 1. The number of fused-ring (bicyclic) bond motifs is 2. The zero-order valence-electron chi connectivity index (χ0n) is 20.7. The fourth-order valence-electron chi connectivity index (χ4n) is 5.09. The molecule has 1 atom stereocenters. The summed E-state index contributed by atoms with van der Waals surface area (Å²) in [6.45, 7) is 3.29. The quantitative estimate of drug-likeness (QED) is 0.354. The Morgan fingerprint density at radius 3 is 2.71 bits per heavy atom. The molecule has 8 nitrogen and oxygen atoms in total. The molecule has 4 aromatic rings. The van der Waals surface area contributed by atoms with Crippen LogP contribution in [0.1, 0.15) is 30.2 Å². The molecule has 2 aliphatic heterocycles. The van der Waals surface area contributed by atoms with Gasteiger partial charge >= 0.3 is 0 Å². The van der Waals surface area contributed by atoms with Crippen molar-refractivity contribution in [2.24, 2.45) is 5.92 Å². The molecule has 198 valence electrons. The van der Waals surface area contributed by atoms with Crippen LogP contribution in [-0.4, -0.2) is 54.1 Å². The van der Waals surface area contributed by atoms with Crippen molar-refractivity contribution in [3.8, 4) is 10.6 Å². The Hall–Kier alpha value is -2.64. The summed E-state index contributed by atoms with van der Waals surface area (Å²) in [5.41, 5.74) is 2.97. The van der Waals surface area contributed by atoms with E-state index in [-0.39, 0.29) is 18.4 Å². The molecule has 0 spiro atoms. The maximum Gasteiger partial charge on any atom is 0.252 e. The summed E-state index contributed by atoms with van der Waals surface area (Å²) in [6, 6.07) is 11.3. The van der Waals surface area contributed by atoms with Crippen LogP contribution in [0.25, 0.3) is 20.8 Å². The zero-order chi connectivity index (χ0) is 26.4. The number of piperidine rings is 1. The Bertz CT molecular complexity index is 1590. The number of nitrogens with one attached hydrogen (secondary N) is 1. The van der Waals surface area contributed by atoms with E-state index in [9.17, 15) is 18.0 Å². The molecule has 3 aromatic heterocycles. The number of aromatic nitrogens is 1. The molecule has 1 saturated heterocycles. The Morgan fingerprint density at radius 1 is 1.11 bits per heavy atom. The van der Waals surface area contributed by atoms with E-state index in [0.717, 1.165) is 36.2 Å². The number of para-hydroxylation sites is 1. The Labute approximate surface area is 233 Å². The number of hydrogen-bond donors (Lipinski definition) is 1. The normalized spacial score (nSPS) is 18.4. The van der Waals surface area contributed by atoms with Gasteiger partial charge in [-0.2, -0.15) is 4.31 Å². The van der Waals surface area contributed by atoms with Gasteiger partial charge in [-0.3, -0.25) is 9.59 Å². The zero-order valence-corrected chi connectivity index (χ0v) is 23.9. The highest BCUT2D eigenvalue weighted by molar-refractivity contribution is 7.91. The molecule has 0 radical (unpaired) electrons. The topological polar surface area (TPSA) is 99.7 Å². The van der Waals surface area contributed by atoms with Gasteiger partial charge in [0, 0.05) is 37.0 Å². The second-order valence-corrected chi connectivity index (χ2v) is 14.8. The molecule has 1 fully saturated rings. The first kappa shape index (κ1) is 25.6. The standard InChI is InChI=1S/C26H26N4O4S4/c1-16(31)29-12-10-18-21(15-29)37-26(23(18)25-27-19-7-2-3-8-20(19)36-25)28-24(32)17-6-4-11-30(14-17)38(33,34)22-9-5-13-35-22/h2-3,5,7-9,13,17H,4,6,10-12,14-15H2,1H3,(H,28,32). The lowest BCUT2D eigenvalue weighted by Crippen LogP contribution is -2.43. The predicted octanol–water partition coefficient (Wildman–Crippen LogP) is 5.03. The van der Waals surface area contributed by atoms with Crippen LogP contribution in [0, 0.1) is 5.92 Å². The molecule has 0 saturated carbocycles. The number of rotatable bonds is 5. The van der Waals surface area contributed by atoms with Crippen LogP contribution in [0.15, 0.2) is 46.0 Å². The van der Waals surface area contributed by atoms with E-state index in [0.29, 0.717) is 43.1 Å². The molecule has 5 heterocycles. The van der Waals surface area contributed by atoms with E-state index in [1.165, 1.54) is 27.0 Å². The number of hydrogen-bond acceptors (Lipinski definition) is 8. The molecule has 1 N–H and O–H groups in total. The number of thiazole rings is 1. The van der Waals surface area contributed by atoms with Gasteiger partial charge in [0.15, 0.2) is 0 Å². The Morgan fingerprint density at radius 2 is 1.95 bits per heavy atom. The fourth-order valence-corrected chi connectivity index (χ4v) is 10.1. The number of sulfonamides is 1. The SMILES string of the molecule is CC(=O)N1CCc2c(sc(NC(=O)C3CCCN(S(=O)(=O)c4cccs4)C3)c2-c2nc3ccccc3s2)C1. The molecule has 6 rings (SSSR count). The summed E-state index contributed by atoms with van der Waals surface area (Å²) < 4.78 is 29.0. The van der Waals surface area contributed by atoms with Crippen molar-refractivity contribution in [2.45, 2.75) is 36.9 Å². The van der Waals surface area contributed by atoms with Crippen molar-refractivity contribution in [1.29, 1.82) is 0 Å². The largest absolute Gasteiger partial charge is 0.337 e. The summed E-state index contributed by atoms with van der Waals surface area (Å²) in [7, 11) is -3.61. The minimum atomic E-state index is -3.61. The highest BCUT2D eigenvalue weighted by Crippen LogP contribution is 2.46.